The lowest BCUT2D eigenvalue weighted by Gasteiger charge is -2.35. The average molecular weight is 381 g/mol. The largest absolute Gasteiger partial charge is 0.417 e. The average Bonchev–Trinajstić information content (AvgIpc) is 3.08. The van der Waals surface area contributed by atoms with Crippen LogP contribution in [-0.4, -0.2) is 48.2 Å². The standard InChI is InChI=1S/C19H22F3N3O2/c1-24-8-4-7-16(24)17(25-9-11-27-12-10-25)13-23-18(26)14-5-2-3-6-15(14)19(20,21)22/h2-8,17H,9-13H2,1H3,(H,23,26)/t17-/m0/s1. The Morgan fingerprint density at radius 2 is 1.89 bits per heavy atom. The van der Waals surface area contributed by atoms with Crippen molar-refractivity contribution in [2.75, 3.05) is 32.8 Å². The lowest BCUT2D eigenvalue weighted by molar-refractivity contribution is -0.137. The molecule has 1 atom stereocenters. The van der Waals surface area contributed by atoms with E-state index in [0.29, 0.717) is 26.3 Å². The minimum atomic E-state index is -4.57. The Morgan fingerprint density at radius 3 is 2.52 bits per heavy atom. The highest BCUT2D eigenvalue weighted by Crippen LogP contribution is 2.32. The third kappa shape index (κ3) is 4.51. The molecular weight excluding hydrogens is 359 g/mol. The zero-order chi connectivity index (χ0) is 19.4. The van der Waals surface area contributed by atoms with Gasteiger partial charge in [-0.05, 0) is 24.3 Å². The fourth-order valence-electron chi connectivity index (χ4n) is 3.34. The predicted molar refractivity (Wildman–Crippen MR) is 94.3 cm³/mol. The lowest BCUT2D eigenvalue weighted by Crippen LogP contribution is -2.44. The molecule has 1 aromatic carbocycles. The van der Waals surface area contributed by atoms with Crippen LogP contribution in [0.25, 0.3) is 0 Å². The van der Waals surface area contributed by atoms with Crippen LogP contribution in [0.1, 0.15) is 27.7 Å². The molecular formula is C19H22F3N3O2. The van der Waals surface area contributed by atoms with Gasteiger partial charge in [0.25, 0.3) is 5.91 Å². The molecule has 1 amide bonds. The van der Waals surface area contributed by atoms with Crippen molar-refractivity contribution in [3.8, 4) is 0 Å². The van der Waals surface area contributed by atoms with Gasteiger partial charge >= 0.3 is 6.18 Å². The van der Waals surface area contributed by atoms with E-state index in [1.54, 1.807) is 0 Å². The van der Waals surface area contributed by atoms with Gasteiger partial charge in [-0.2, -0.15) is 13.2 Å². The van der Waals surface area contributed by atoms with E-state index in [2.05, 4.69) is 10.2 Å². The smallest absolute Gasteiger partial charge is 0.379 e. The minimum Gasteiger partial charge on any atom is -0.379 e. The van der Waals surface area contributed by atoms with Gasteiger partial charge in [0.1, 0.15) is 0 Å². The molecule has 0 saturated carbocycles. The highest BCUT2D eigenvalue weighted by atomic mass is 19.4. The summed E-state index contributed by atoms with van der Waals surface area (Å²) in [7, 11) is 1.91. The van der Waals surface area contributed by atoms with Crippen LogP contribution >= 0.6 is 0 Å². The second-order valence-corrected chi connectivity index (χ2v) is 6.46. The van der Waals surface area contributed by atoms with E-state index >= 15 is 0 Å². The van der Waals surface area contributed by atoms with Crippen molar-refractivity contribution in [1.82, 2.24) is 14.8 Å². The molecule has 8 heteroatoms. The van der Waals surface area contributed by atoms with Crippen molar-refractivity contribution in [3.63, 3.8) is 0 Å². The molecule has 146 valence electrons. The molecule has 1 aliphatic rings. The molecule has 0 unspecified atom stereocenters. The number of benzene rings is 1. The molecule has 0 spiro atoms. The molecule has 2 aromatic rings. The summed E-state index contributed by atoms with van der Waals surface area (Å²) in [5.74, 6) is -0.726. The molecule has 1 aromatic heterocycles. The number of carbonyl (C=O) groups excluding carboxylic acids is 1. The van der Waals surface area contributed by atoms with E-state index in [-0.39, 0.29) is 18.2 Å². The first-order chi connectivity index (χ1) is 12.9. The molecule has 0 bridgehead atoms. The maximum absolute atomic E-state index is 13.2. The first kappa shape index (κ1) is 19.4. The van der Waals surface area contributed by atoms with Gasteiger partial charge in [-0.1, -0.05) is 12.1 Å². The Bertz CT molecular complexity index is 783. The second-order valence-electron chi connectivity index (χ2n) is 6.46. The number of aromatic nitrogens is 1. The van der Waals surface area contributed by atoms with Gasteiger partial charge in [-0.25, -0.2) is 0 Å². The number of carbonyl (C=O) groups is 1. The van der Waals surface area contributed by atoms with Gasteiger partial charge in [0.05, 0.1) is 30.4 Å². The van der Waals surface area contributed by atoms with Crippen LogP contribution in [0.15, 0.2) is 42.6 Å². The molecule has 1 N–H and O–H groups in total. The minimum absolute atomic E-state index is 0.143. The number of hydrogen-bond donors (Lipinski definition) is 1. The number of rotatable bonds is 5. The zero-order valence-corrected chi connectivity index (χ0v) is 15.0. The van der Waals surface area contributed by atoms with Crippen LogP contribution in [0, 0.1) is 0 Å². The van der Waals surface area contributed by atoms with E-state index < -0.39 is 17.6 Å². The quantitative estimate of drug-likeness (QED) is 0.867. The molecule has 1 saturated heterocycles. The van der Waals surface area contributed by atoms with Crippen LogP contribution in [0.2, 0.25) is 0 Å². The number of nitrogens with one attached hydrogen (secondary N) is 1. The number of alkyl halides is 3. The predicted octanol–water partition coefficient (Wildman–Crippen LogP) is 2.85. The van der Waals surface area contributed by atoms with Crippen LogP contribution < -0.4 is 5.32 Å². The molecule has 5 nitrogen and oxygen atoms in total. The van der Waals surface area contributed by atoms with Gasteiger partial charge in [-0.3, -0.25) is 9.69 Å². The number of nitrogens with zero attached hydrogens (tertiary/aromatic N) is 2. The number of amides is 1. The van der Waals surface area contributed by atoms with Crippen LogP contribution in [0.3, 0.4) is 0 Å². The van der Waals surface area contributed by atoms with Crippen molar-refractivity contribution in [2.45, 2.75) is 12.2 Å². The molecule has 1 aliphatic heterocycles. The maximum atomic E-state index is 13.2. The van der Waals surface area contributed by atoms with E-state index in [1.807, 2.05) is 29.9 Å². The number of aryl methyl sites for hydroxylation is 1. The third-order valence-electron chi connectivity index (χ3n) is 4.74. The highest BCUT2D eigenvalue weighted by Gasteiger charge is 2.35. The Morgan fingerprint density at radius 1 is 1.19 bits per heavy atom. The Balaban J connectivity index is 1.78. The molecule has 2 heterocycles. The fraction of sp³-hybridized carbons (Fsp3) is 0.421. The Hall–Kier alpha value is -2.32. The molecule has 0 radical (unpaired) electrons. The van der Waals surface area contributed by atoms with E-state index in [4.69, 9.17) is 4.74 Å². The third-order valence-corrected chi connectivity index (χ3v) is 4.74. The summed E-state index contributed by atoms with van der Waals surface area (Å²) in [6.45, 7) is 2.79. The van der Waals surface area contributed by atoms with E-state index in [9.17, 15) is 18.0 Å². The molecule has 3 rings (SSSR count). The number of ether oxygens (including phenoxy) is 1. The SMILES string of the molecule is Cn1cccc1[C@H](CNC(=O)c1ccccc1C(F)(F)F)N1CCOCC1. The highest BCUT2D eigenvalue weighted by molar-refractivity contribution is 5.95. The summed E-state index contributed by atoms with van der Waals surface area (Å²) in [5, 5.41) is 2.69. The normalized spacial score (nSPS) is 16.9. The second kappa shape index (κ2) is 8.14. The topological polar surface area (TPSA) is 46.5 Å². The van der Waals surface area contributed by atoms with Crippen LogP contribution in [-0.2, 0) is 18.0 Å². The van der Waals surface area contributed by atoms with Gasteiger partial charge in [0.15, 0.2) is 0 Å². The number of halogens is 3. The number of hydrogen-bond acceptors (Lipinski definition) is 3. The van der Waals surface area contributed by atoms with Crippen molar-refractivity contribution < 1.29 is 22.7 Å². The zero-order valence-electron chi connectivity index (χ0n) is 15.0. The van der Waals surface area contributed by atoms with Crippen LogP contribution in [0.5, 0.6) is 0 Å². The maximum Gasteiger partial charge on any atom is 0.417 e. The Labute approximate surface area is 155 Å². The van der Waals surface area contributed by atoms with Gasteiger partial charge in [0.2, 0.25) is 0 Å². The summed E-state index contributed by atoms with van der Waals surface area (Å²) in [6.07, 6.45) is -2.67. The Kier molecular flexibility index (Phi) is 5.86. The first-order valence-corrected chi connectivity index (χ1v) is 8.75. The van der Waals surface area contributed by atoms with Crippen molar-refractivity contribution in [1.29, 1.82) is 0 Å². The van der Waals surface area contributed by atoms with Crippen LogP contribution in [0.4, 0.5) is 13.2 Å². The van der Waals surface area contributed by atoms with Gasteiger partial charge in [-0.15, -0.1) is 0 Å². The summed E-state index contributed by atoms with van der Waals surface area (Å²) >= 11 is 0. The summed E-state index contributed by atoms with van der Waals surface area (Å²) in [4.78, 5) is 14.7. The summed E-state index contributed by atoms with van der Waals surface area (Å²) < 4.78 is 46.8. The van der Waals surface area contributed by atoms with Crippen molar-refractivity contribution in [3.05, 3.63) is 59.4 Å². The fourth-order valence-corrected chi connectivity index (χ4v) is 3.34. The van der Waals surface area contributed by atoms with E-state index in [1.165, 1.54) is 18.2 Å². The molecule has 1 fully saturated rings. The first-order valence-electron chi connectivity index (χ1n) is 8.75. The van der Waals surface area contributed by atoms with Gasteiger partial charge in [0, 0.05) is 38.6 Å². The lowest BCUT2D eigenvalue weighted by atomic mass is 10.1. The van der Waals surface area contributed by atoms with Gasteiger partial charge < -0.3 is 14.6 Å². The van der Waals surface area contributed by atoms with E-state index in [0.717, 1.165) is 11.8 Å². The number of morpholine rings is 1. The summed E-state index contributed by atoms with van der Waals surface area (Å²) in [6, 6.07) is 8.55. The molecule has 0 aliphatic carbocycles. The monoisotopic (exact) mass is 381 g/mol. The van der Waals surface area contributed by atoms with Crippen molar-refractivity contribution in [2.24, 2.45) is 7.05 Å². The molecule has 27 heavy (non-hydrogen) atoms. The summed E-state index contributed by atoms with van der Waals surface area (Å²) in [5.41, 5.74) is -0.303. The van der Waals surface area contributed by atoms with Crippen molar-refractivity contribution >= 4 is 5.91 Å².